The Hall–Kier alpha value is -0.800. The molecule has 0 saturated heterocycles. The number of hydrogen-bond donors (Lipinski definition) is 1. The van der Waals surface area contributed by atoms with Gasteiger partial charge in [-0.1, -0.05) is 11.6 Å². The molecule has 0 aromatic heterocycles. The Morgan fingerprint density at radius 1 is 1.39 bits per heavy atom. The zero-order valence-corrected chi connectivity index (χ0v) is 11.8. The van der Waals surface area contributed by atoms with E-state index in [-0.39, 0.29) is 17.0 Å². The van der Waals surface area contributed by atoms with Crippen molar-refractivity contribution in [1.29, 1.82) is 0 Å². The van der Waals surface area contributed by atoms with Crippen LogP contribution in [0.15, 0.2) is 18.2 Å². The second-order valence-corrected chi connectivity index (χ2v) is 6.37. The average Bonchev–Trinajstić information content (AvgIpc) is 3.00. The normalized spacial score (nSPS) is 17.6. The first-order valence-electron chi connectivity index (χ1n) is 6.19. The van der Waals surface area contributed by atoms with Gasteiger partial charge in [0.25, 0.3) is 0 Å². The highest BCUT2D eigenvalue weighted by Gasteiger charge is 2.46. The molecule has 1 aliphatic rings. The molecule has 1 N–H and O–H groups in total. The van der Waals surface area contributed by atoms with Gasteiger partial charge in [-0.15, -0.1) is 0 Å². The van der Waals surface area contributed by atoms with Crippen LogP contribution in [-0.4, -0.2) is 17.7 Å². The molecular formula is C14H19ClFNO. The van der Waals surface area contributed by atoms with Crippen molar-refractivity contribution in [2.75, 3.05) is 6.54 Å². The van der Waals surface area contributed by atoms with Crippen molar-refractivity contribution in [3.8, 4) is 5.75 Å². The second-order valence-electron chi connectivity index (χ2n) is 5.96. The molecule has 0 heterocycles. The maximum absolute atomic E-state index is 12.9. The van der Waals surface area contributed by atoms with E-state index < -0.39 is 0 Å². The highest BCUT2D eigenvalue weighted by atomic mass is 35.5. The highest BCUT2D eigenvalue weighted by Crippen LogP contribution is 2.42. The molecule has 2 nitrogen and oxygen atoms in total. The first kappa shape index (κ1) is 13.6. The molecule has 18 heavy (non-hydrogen) atoms. The fourth-order valence-corrected chi connectivity index (χ4v) is 1.88. The minimum atomic E-state index is -0.343. The van der Waals surface area contributed by atoms with Crippen LogP contribution in [0.1, 0.15) is 33.6 Å². The Morgan fingerprint density at radius 3 is 2.56 bits per heavy atom. The van der Waals surface area contributed by atoms with E-state index in [4.69, 9.17) is 16.3 Å². The predicted octanol–water partition coefficient (Wildman–Crippen LogP) is 3.78. The van der Waals surface area contributed by atoms with Crippen LogP contribution < -0.4 is 10.1 Å². The molecule has 4 heteroatoms. The van der Waals surface area contributed by atoms with Crippen LogP contribution in [0.4, 0.5) is 4.39 Å². The van der Waals surface area contributed by atoms with E-state index in [2.05, 4.69) is 26.1 Å². The summed E-state index contributed by atoms with van der Waals surface area (Å²) in [6, 6.07) is 4.24. The number of rotatable bonds is 4. The minimum absolute atomic E-state index is 0.0611. The predicted molar refractivity (Wildman–Crippen MR) is 71.8 cm³/mol. The first-order valence-corrected chi connectivity index (χ1v) is 6.57. The van der Waals surface area contributed by atoms with Gasteiger partial charge in [0.2, 0.25) is 0 Å². The van der Waals surface area contributed by atoms with Crippen molar-refractivity contribution in [1.82, 2.24) is 5.32 Å². The van der Waals surface area contributed by atoms with Crippen molar-refractivity contribution in [2.24, 2.45) is 0 Å². The maximum atomic E-state index is 12.9. The lowest BCUT2D eigenvalue weighted by Gasteiger charge is -2.26. The van der Waals surface area contributed by atoms with Crippen LogP contribution in [0.2, 0.25) is 5.02 Å². The van der Waals surface area contributed by atoms with Gasteiger partial charge in [-0.05, 0) is 51.8 Å². The van der Waals surface area contributed by atoms with Crippen LogP contribution >= 0.6 is 11.6 Å². The lowest BCUT2D eigenvalue weighted by Crippen LogP contribution is -2.43. The maximum Gasteiger partial charge on any atom is 0.139 e. The topological polar surface area (TPSA) is 21.3 Å². The summed E-state index contributed by atoms with van der Waals surface area (Å²) in [5.74, 6) is 0.219. The third-order valence-corrected chi connectivity index (χ3v) is 3.26. The molecule has 1 fully saturated rings. The molecule has 2 rings (SSSR count). The Kier molecular flexibility index (Phi) is 3.56. The monoisotopic (exact) mass is 271 g/mol. The number of halogens is 2. The number of nitrogens with one attached hydrogen (secondary N) is 1. The minimum Gasteiger partial charge on any atom is -0.484 e. The third-order valence-electron chi connectivity index (χ3n) is 2.97. The van der Waals surface area contributed by atoms with E-state index in [1.54, 1.807) is 6.07 Å². The standard InChI is InChI=1S/C14H19ClFNO/c1-13(2,3)17-9-14(6-7-14)18-12-5-4-10(16)8-11(12)15/h4-5,8,17H,6-7,9H2,1-3H3. The lowest BCUT2D eigenvalue weighted by molar-refractivity contribution is 0.164. The van der Waals surface area contributed by atoms with Crippen molar-refractivity contribution >= 4 is 11.6 Å². The number of benzene rings is 1. The molecule has 1 saturated carbocycles. The molecule has 0 unspecified atom stereocenters. The van der Waals surface area contributed by atoms with E-state index in [1.807, 2.05) is 0 Å². The second kappa shape index (κ2) is 4.71. The Balaban J connectivity index is 2.00. The molecule has 1 aliphatic carbocycles. The molecule has 1 aromatic rings. The summed E-state index contributed by atoms with van der Waals surface area (Å²) < 4.78 is 18.9. The summed E-state index contributed by atoms with van der Waals surface area (Å²) in [4.78, 5) is 0. The first-order chi connectivity index (χ1) is 8.30. The van der Waals surface area contributed by atoms with Gasteiger partial charge in [-0.2, -0.15) is 0 Å². The molecule has 0 atom stereocenters. The van der Waals surface area contributed by atoms with Gasteiger partial charge in [0.15, 0.2) is 0 Å². The molecule has 0 aliphatic heterocycles. The van der Waals surface area contributed by atoms with E-state index in [1.165, 1.54) is 12.1 Å². The zero-order chi connectivity index (χ0) is 13.4. The van der Waals surface area contributed by atoms with Crippen LogP contribution in [0.5, 0.6) is 5.75 Å². The fraction of sp³-hybridized carbons (Fsp3) is 0.571. The molecular weight excluding hydrogens is 253 g/mol. The molecule has 0 bridgehead atoms. The van der Waals surface area contributed by atoms with Gasteiger partial charge >= 0.3 is 0 Å². The average molecular weight is 272 g/mol. The SMILES string of the molecule is CC(C)(C)NCC1(Oc2ccc(F)cc2Cl)CC1. The summed E-state index contributed by atoms with van der Waals surface area (Å²) >= 11 is 5.97. The van der Waals surface area contributed by atoms with Crippen molar-refractivity contribution in [3.63, 3.8) is 0 Å². The van der Waals surface area contributed by atoms with Gasteiger partial charge in [0.05, 0.1) is 5.02 Å². The Bertz CT molecular complexity index is 438. The van der Waals surface area contributed by atoms with Crippen molar-refractivity contribution in [2.45, 2.75) is 44.8 Å². The Morgan fingerprint density at radius 2 is 2.06 bits per heavy atom. The summed E-state index contributed by atoms with van der Waals surface area (Å²) in [5, 5.41) is 3.76. The summed E-state index contributed by atoms with van der Waals surface area (Å²) in [5.41, 5.74) is -0.111. The smallest absolute Gasteiger partial charge is 0.139 e. The molecule has 0 amide bonds. The van der Waals surface area contributed by atoms with E-state index in [9.17, 15) is 4.39 Å². The quantitative estimate of drug-likeness (QED) is 0.900. The zero-order valence-electron chi connectivity index (χ0n) is 11.0. The largest absolute Gasteiger partial charge is 0.484 e. The highest BCUT2D eigenvalue weighted by molar-refractivity contribution is 6.32. The lowest BCUT2D eigenvalue weighted by atomic mass is 10.1. The van der Waals surface area contributed by atoms with Gasteiger partial charge in [-0.25, -0.2) is 4.39 Å². The van der Waals surface area contributed by atoms with Crippen LogP contribution in [0.25, 0.3) is 0 Å². The molecule has 0 spiro atoms. The van der Waals surface area contributed by atoms with Crippen LogP contribution in [0, 0.1) is 5.82 Å². The van der Waals surface area contributed by atoms with Gasteiger partial charge in [-0.3, -0.25) is 0 Å². The number of ether oxygens (including phenoxy) is 1. The molecule has 0 radical (unpaired) electrons. The Labute approximate surface area is 112 Å². The van der Waals surface area contributed by atoms with E-state index >= 15 is 0 Å². The van der Waals surface area contributed by atoms with Crippen LogP contribution in [-0.2, 0) is 0 Å². The molecule has 100 valence electrons. The van der Waals surface area contributed by atoms with Gasteiger partial charge < -0.3 is 10.1 Å². The summed E-state index contributed by atoms with van der Waals surface area (Å²) in [7, 11) is 0. The third kappa shape index (κ3) is 3.59. The van der Waals surface area contributed by atoms with E-state index in [0.717, 1.165) is 19.4 Å². The number of hydrogen-bond acceptors (Lipinski definition) is 2. The summed E-state index contributed by atoms with van der Waals surface area (Å²) in [6.45, 7) is 7.14. The van der Waals surface area contributed by atoms with Gasteiger partial charge in [0.1, 0.15) is 17.2 Å². The molecule has 1 aromatic carbocycles. The van der Waals surface area contributed by atoms with Crippen molar-refractivity contribution < 1.29 is 9.13 Å². The summed E-state index contributed by atoms with van der Waals surface area (Å²) in [6.07, 6.45) is 2.01. The fourth-order valence-electron chi connectivity index (χ4n) is 1.67. The van der Waals surface area contributed by atoms with Crippen molar-refractivity contribution in [3.05, 3.63) is 29.0 Å². The van der Waals surface area contributed by atoms with Gasteiger partial charge in [0, 0.05) is 12.1 Å². The van der Waals surface area contributed by atoms with Crippen LogP contribution in [0.3, 0.4) is 0 Å². The van der Waals surface area contributed by atoms with E-state index in [0.29, 0.717) is 10.8 Å².